The maximum Gasteiger partial charge on any atom is 0.274 e. The minimum absolute atomic E-state index is 0.111. The molecule has 0 saturated heterocycles. The number of hydrogen-bond donors (Lipinski definition) is 0. The summed E-state index contributed by atoms with van der Waals surface area (Å²) in [7, 11) is 1.75. The molecule has 108 valence electrons. The van der Waals surface area contributed by atoms with Crippen molar-refractivity contribution in [2.45, 2.75) is 20.0 Å². The van der Waals surface area contributed by atoms with Crippen molar-refractivity contribution in [3.8, 4) is 0 Å². The number of nitrogens with zero attached hydrogens (tertiary/aromatic N) is 5. The van der Waals surface area contributed by atoms with E-state index in [0.717, 1.165) is 12.1 Å². The standard InChI is InChI=1S/C14H15N5O2/c1-3-19-7-6-12(15-19)14(20)18(2)9-10-4-5-11-13(8-10)17-21-16-11/h4-8H,3,9H2,1-2H3. The molecule has 7 nitrogen and oxygen atoms in total. The van der Waals surface area contributed by atoms with Gasteiger partial charge in [0, 0.05) is 26.3 Å². The number of carbonyl (C=O) groups is 1. The Bertz CT molecular complexity index is 776. The topological polar surface area (TPSA) is 77.0 Å². The maximum atomic E-state index is 12.3. The van der Waals surface area contributed by atoms with Gasteiger partial charge in [-0.1, -0.05) is 6.07 Å². The third kappa shape index (κ3) is 2.62. The van der Waals surface area contributed by atoms with Gasteiger partial charge in [-0.25, -0.2) is 4.63 Å². The van der Waals surface area contributed by atoms with Crippen LogP contribution in [0.3, 0.4) is 0 Å². The summed E-state index contributed by atoms with van der Waals surface area (Å²) in [6.45, 7) is 3.19. The summed E-state index contributed by atoms with van der Waals surface area (Å²) in [5.41, 5.74) is 2.80. The van der Waals surface area contributed by atoms with Crippen molar-refractivity contribution in [2.24, 2.45) is 0 Å². The fourth-order valence-corrected chi connectivity index (χ4v) is 2.12. The van der Waals surface area contributed by atoms with E-state index in [1.54, 1.807) is 28.9 Å². The van der Waals surface area contributed by atoms with Gasteiger partial charge in [-0.15, -0.1) is 0 Å². The second-order valence-corrected chi connectivity index (χ2v) is 4.81. The van der Waals surface area contributed by atoms with E-state index in [-0.39, 0.29) is 5.91 Å². The van der Waals surface area contributed by atoms with E-state index in [0.29, 0.717) is 23.3 Å². The molecule has 0 spiro atoms. The summed E-state index contributed by atoms with van der Waals surface area (Å²) in [4.78, 5) is 13.9. The van der Waals surface area contributed by atoms with Crippen molar-refractivity contribution in [3.63, 3.8) is 0 Å². The Balaban J connectivity index is 1.75. The summed E-state index contributed by atoms with van der Waals surface area (Å²) >= 11 is 0. The summed E-state index contributed by atoms with van der Waals surface area (Å²) in [6, 6.07) is 7.32. The van der Waals surface area contributed by atoms with E-state index < -0.39 is 0 Å². The Morgan fingerprint density at radius 2 is 2.10 bits per heavy atom. The van der Waals surface area contributed by atoms with Crippen LogP contribution in [-0.4, -0.2) is 37.9 Å². The zero-order valence-corrected chi connectivity index (χ0v) is 11.9. The van der Waals surface area contributed by atoms with Crippen molar-refractivity contribution in [1.29, 1.82) is 0 Å². The molecule has 0 fully saturated rings. The number of amides is 1. The van der Waals surface area contributed by atoms with E-state index in [1.807, 2.05) is 25.1 Å². The SMILES string of the molecule is CCn1ccc(C(=O)N(C)Cc2ccc3nonc3c2)n1. The molecule has 0 atom stereocenters. The maximum absolute atomic E-state index is 12.3. The quantitative estimate of drug-likeness (QED) is 0.729. The molecule has 0 radical (unpaired) electrons. The van der Waals surface area contributed by atoms with Gasteiger partial charge in [-0.3, -0.25) is 9.48 Å². The Morgan fingerprint density at radius 3 is 2.86 bits per heavy atom. The Kier molecular flexibility index (Phi) is 3.39. The van der Waals surface area contributed by atoms with Crippen molar-refractivity contribution in [1.82, 2.24) is 25.0 Å². The molecule has 0 bridgehead atoms. The predicted molar refractivity (Wildman–Crippen MR) is 75.5 cm³/mol. The minimum Gasteiger partial charge on any atom is -0.336 e. The van der Waals surface area contributed by atoms with Gasteiger partial charge in [0.1, 0.15) is 16.7 Å². The first-order valence-electron chi connectivity index (χ1n) is 6.67. The highest BCUT2D eigenvalue weighted by atomic mass is 16.6. The van der Waals surface area contributed by atoms with E-state index in [4.69, 9.17) is 0 Å². The molecule has 0 saturated carbocycles. The van der Waals surface area contributed by atoms with Crippen LogP contribution in [0.25, 0.3) is 11.0 Å². The van der Waals surface area contributed by atoms with E-state index in [1.165, 1.54) is 0 Å². The number of fused-ring (bicyclic) bond motifs is 1. The highest BCUT2D eigenvalue weighted by Gasteiger charge is 2.15. The van der Waals surface area contributed by atoms with Crippen LogP contribution in [0.15, 0.2) is 35.1 Å². The first-order valence-corrected chi connectivity index (χ1v) is 6.67. The molecule has 0 unspecified atom stereocenters. The molecule has 1 amide bonds. The van der Waals surface area contributed by atoms with Crippen LogP contribution < -0.4 is 0 Å². The molecule has 7 heteroatoms. The molecule has 0 aliphatic carbocycles. The van der Waals surface area contributed by atoms with E-state index in [9.17, 15) is 4.79 Å². The van der Waals surface area contributed by atoms with Crippen LogP contribution in [0.2, 0.25) is 0 Å². The summed E-state index contributed by atoms with van der Waals surface area (Å²) in [5, 5.41) is 11.8. The molecule has 3 rings (SSSR count). The Morgan fingerprint density at radius 1 is 1.29 bits per heavy atom. The van der Waals surface area contributed by atoms with Crippen LogP contribution in [0, 0.1) is 0 Å². The lowest BCUT2D eigenvalue weighted by Gasteiger charge is -2.15. The predicted octanol–water partition coefficient (Wildman–Crippen LogP) is 1.71. The van der Waals surface area contributed by atoms with Gasteiger partial charge in [0.15, 0.2) is 0 Å². The van der Waals surface area contributed by atoms with Crippen molar-refractivity contribution < 1.29 is 9.42 Å². The molecule has 0 aliphatic rings. The second kappa shape index (κ2) is 5.35. The molecule has 0 aliphatic heterocycles. The van der Waals surface area contributed by atoms with Crippen LogP contribution in [-0.2, 0) is 13.1 Å². The van der Waals surface area contributed by atoms with Gasteiger partial charge < -0.3 is 4.90 Å². The van der Waals surface area contributed by atoms with Gasteiger partial charge >= 0.3 is 0 Å². The van der Waals surface area contributed by atoms with Crippen molar-refractivity contribution >= 4 is 16.9 Å². The highest BCUT2D eigenvalue weighted by molar-refractivity contribution is 5.92. The van der Waals surface area contributed by atoms with Crippen LogP contribution in [0.5, 0.6) is 0 Å². The fraction of sp³-hybridized carbons (Fsp3) is 0.286. The third-order valence-electron chi connectivity index (χ3n) is 3.27. The monoisotopic (exact) mass is 285 g/mol. The molecular formula is C14H15N5O2. The van der Waals surface area contributed by atoms with Gasteiger partial charge in [0.05, 0.1) is 0 Å². The zero-order chi connectivity index (χ0) is 14.8. The first-order chi connectivity index (χ1) is 10.2. The Labute approximate surface area is 121 Å². The van der Waals surface area contributed by atoms with E-state index >= 15 is 0 Å². The normalized spacial score (nSPS) is 11.0. The van der Waals surface area contributed by atoms with E-state index in [2.05, 4.69) is 20.0 Å². The molecular weight excluding hydrogens is 270 g/mol. The number of aryl methyl sites for hydroxylation is 1. The van der Waals surface area contributed by atoms with Gasteiger partial charge in [-0.05, 0) is 41.0 Å². The molecule has 2 heterocycles. The van der Waals surface area contributed by atoms with Crippen LogP contribution in [0.1, 0.15) is 23.0 Å². The molecule has 21 heavy (non-hydrogen) atoms. The summed E-state index contributed by atoms with van der Waals surface area (Å²) < 4.78 is 6.39. The third-order valence-corrected chi connectivity index (χ3v) is 3.27. The van der Waals surface area contributed by atoms with Gasteiger partial charge in [-0.2, -0.15) is 5.10 Å². The number of hydrogen-bond acceptors (Lipinski definition) is 5. The lowest BCUT2D eigenvalue weighted by Crippen LogP contribution is -2.26. The minimum atomic E-state index is -0.111. The first kappa shape index (κ1) is 13.3. The van der Waals surface area contributed by atoms with Crippen LogP contribution >= 0.6 is 0 Å². The lowest BCUT2D eigenvalue weighted by atomic mass is 10.2. The number of rotatable bonds is 4. The second-order valence-electron chi connectivity index (χ2n) is 4.81. The van der Waals surface area contributed by atoms with Gasteiger partial charge in [0.25, 0.3) is 5.91 Å². The molecule has 3 aromatic rings. The highest BCUT2D eigenvalue weighted by Crippen LogP contribution is 2.14. The average molecular weight is 285 g/mol. The largest absolute Gasteiger partial charge is 0.336 e. The van der Waals surface area contributed by atoms with Crippen molar-refractivity contribution in [2.75, 3.05) is 7.05 Å². The lowest BCUT2D eigenvalue weighted by molar-refractivity contribution is 0.0778. The number of carbonyl (C=O) groups excluding carboxylic acids is 1. The fourth-order valence-electron chi connectivity index (χ4n) is 2.12. The Hall–Kier alpha value is -2.70. The number of benzene rings is 1. The van der Waals surface area contributed by atoms with Crippen molar-refractivity contribution in [3.05, 3.63) is 41.7 Å². The summed E-state index contributed by atoms with van der Waals surface area (Å²) in [6.07, 6.45) is 1.80. The molecule has 2 aromatic heterocycles. The molecule has 1 aromatic carbocycles. The smallest absolute Gasteiger partial charge is 0.274 e. The van der Waals surface area contributed by atoms with Crippen LogP contribution in [0.4, 0.5) is 0 Å². The molecule has 0 N–H and O–H groups in total. The average Bonchev–Trinajstić information content (AvgIpc) is 3.14. The van der Waals surface area contributed by atoms with Gasteiger partial charge in [0.2, 0.25) is 0 Å². The zero-order valence-electron chi connectivity index (χ0n) is 11.9. The number of aromatic nitrogens is 4. The summed E-state index contributed by atoms with van der Waals surface area (Å²) in [5.74, 6) is -0.111.